The predicted octanol–water partition coefficient (Wildman–Crippen LogP) is -0.0673. The zero-order chi connectivity index (χ0) is 13.5. The van der Waals surface area contributed by atoms with Crippen molar-refractivity contribution in [1.29, 1.82) is 0 Å². The highest BCUT2D eigenvalue weighted by molar-refractivity contribution is 5.75. The number of primary amides is 1. The van der Waals surface area contributed by atoms with Crippen molar-refractivity contribution in [3.05, 3.63) is 0 Å². The lowest BCUT2D eigenvalue weighted by Crippen LogP contribution is -2.51. The smallest absolute Gasteiger partial charge is 0.231 e. The van der Waals surface area contributed by atoms with E-state index in [1.807, 2.05) is 6.92 Å². The van der Waals surface area contributed by atoms with E-state index in [-0.39, 0.29) is 12.0 Å². The molecule has 4 N–H and O–H groups in total. The highest BCUT2D eigenvalue weighted by Gasteiger charge is 2.28. The summed E-state index contributed by atoms with van der Waals surface area (Å²) < 4.78 is 0. The summed E-state index contributed by atoms with van der Waals surface area (Å²) in [6.07, 6.45) is 2.44. The van der Waals surface area contributed by atoms with Crippen LogP contribution in [0.25, 0.3) is 0 Å². The minimum atomic E-state index is -0.276. The molecule has 0 aliphatic carbocycles. The van der Waals surface area contributed by atoms with Gasteiger partial charge in [0.05, 0.1) is 12.6 Å². The maximum absolute atomic E-state index is 11.0. The summed E-state index contributed by atoms with van der Waals surface area (Å²) in [6.45, 7) is 7.06. The standard InChI is InChI=1S/C13H27N3O2/c1-3-12(17)6-10-5-11(15-4-2)8-16(7-10)9-13(14)18/h10-12,15,17H,3-9H2,1-2H3,(H2,14,18). The van der Waals surface area contributed by atoms with E-state index in [4.69, 9.17) is 5.73 Å². The number of aliphatic hydroxyl groups excluding tert-OH is 1. The lowest BCUT2D eigenvalue weighted by Gasteiger charge is -2.38. The Kier molecular flexibility index (Phi) is 6.60. The second-order valence-electron chi connectivity index (χ2n) is 5.31. The van der Waals surface area contributed by atoms with Crippen molar-refractivity contribution in [3.8, 4) is 0 Å². The molecule has 18 heavy (non-hydrogen) atoms. The molecule has 3 unspecified atom stereocenters. The van der Waals surface area contributed by atoms with Gasteiger partial charge in [-0.1, -0.05) is 13.8 Å². The van der Waals surface area contributed by atoms with Crippen LogP contribution in [0.5, 0.6) is 0 Å². The molecule has 0 aromatic carbocycles. The molecule has 5 nitrogen and oxygen atoms in total. The Hall–Kier alpha value is -0.650. The third-order valence-corrected chi connectivity index (χ3v) is 3.56. The van der Waals surface area contributed by atoms with Crippen molar-refractivity contribution in [2.24, 2.45) is 11.7 Å². The fourth-order valence-corrected chi connectivity index (χ4v) is 2.81. The van der Waals surface area contributed by atoms with Gasteiger partial charge in [0.2, 0.25) is 5.91 Å². The van der Waals surface area contributed by atoms with E-state index < -0.39 is 0 Å². The van der Waals surface area contributed by atoms with Crippen molar-refractivity contribution in [2.75, 3.05) is 26.2 Å². The van der Waals surface area contributed by atoms with Crippen LogP contribution in [-0.4, -0.2) is 54.2 Å². The zero-order valence-corrected chi connectivity index (χ0v) is 11.6. The Morgan fingerprint density at radius 1 is 1.50 bits per heavy atom. The number of nitrogens with one attached hydrogen (secondary N) is 1. The largest absolute Gasteiger partial charge is 0.393 e. The number of nitrogens with zero attached hydrogens (tertiary/aromatic N) is 1. The molecule has 0 bridgehead atoms. The van der Waals surface area contributed by atoms with Crippen molar-refractivity contribution >= 4 is 5.91 Å². The Balaban J connectivity index is 2.53. The highest BCUT2D eigenvalue weighted by atomic mass is 16.3. The molecule has 1 rings (SSSR count). The number of likely N-dealkylation sites (tertiary alicyclic amines) is 1. The van der Waals surface area contributed by atoms with Crippen LogP contribution in [0.3, 0.4) is 0 Å². The van der Waals surface area contributed by atoms with Gasteiger partial charge in [-0.25, -0.2) is 0 Å². The van der Waals surface area contributed by atoms with Crippen molar-refractivity contribution < 1.29 is 9.90 Å². The average molecular weight is 257 g/mol. The number of hydrogen-bond acceptors (Lipinski definition) is 4. The molecule has 1 saturated heterocycles. The second kappa shape index (κ2) is 7.71. The Morgan fingerprint density at radius 2 is 2.22 bits per heavy atom. The molecular weight excluding hydrogens is 230 g/mol. The van der Waals surface area contributed by atoms with Gasteiger partial charge in [0, 0.05) is 19.1 Å². The van der Waals surface area contributed by atoms with E-state index in [9.17, 15) is 9.90 Å². The van der Waals surface area contributed by atoms with Crippen LogP contribution in [0.1, 0.15) is 33.1 Å². The molecule has 3 atom stereocenters. The maximum Gasteiger partial charge on any atom is 0.231 e. The quantitative estimate of drug-likeness (QED) is 0.597. The molecule has 106 valence electrons. The molecule has 0 radical (unpaired) electrons. The van der Waals surface area contributed by atoms with E-state index in [0.29, 0.717) is 18.5 Å². The summed E-state index contributed by atoms with van der Waals surface area (Å²) in [5.74, 6) is 0.166. The van der Waals surface area contributed by atoms with Crippen LogP contribution in [0.15, 0.2) is 0 Å². The number of rotatable bonds is 7. The van der Waals surface area contributed by atoms with E-state index in [0.717, 1.165) is 38.9 Å². The van der Waals surface area contributed by atoms with Gasteiger partial charge in [0.15, 0.2) is 0 Å². The van der Waals surface area contributed by atoms with Crippen LogP contribution >= 0.6 is 0 Å². The number of amides is 1. The molecular formula is C13H27N3O2. The first kappa shape index (κ1) is 15.4. The summed E-state index contributed by atoms with van der Waals surface area (Å²) in [4.78, 5) is 13.1. The van der Waals surface area contributed by atoms with Crippen LogP contribution in [0.4, 0.5) is 0 Å². The average Bonchev–Trinajstić information content (AvgIpc) is 2.28. The van der Waals surface area contributed by atoms with E-state index >= 15 is 0 Å². The number of nitrogens with two attached hydrogens (primary N) is 1. The van der Waals surface area contributed by atoms with Gasteiger partial charge in [-0.15, -0.1) is 0 Å². The summed E-state index contributed by atoms with van der Waals surface area (Å²) in [6, 6.07) is 0.400. The summed E-state index contributed by atoms with van der Waals surface area (Å²) in [5, 5.41) is 13.2. The van der Waals surface area contributed by atoms with Crippen molar-refractivity contribution in [3.63, 3.8) is 0 Å². The third kappa shape index (κ3) is 5.33. The lowest BCUT2D eigenvalue weighted by atomic mass is 9.89. The number of hydrogen-bond donors (Lipinski definition) is 3. The predicted molar refractivity (Wildman–Crippen MR) is 72.1 cm³/mol. The first-order valence-electron chi connectivity index (χ1n) is 6.97. The Bertz CT molecular complexity index is 261. The van der Waals surface area contributed by atoms with Gasteiger partial charge in [-0.2, -0.15) is 0 Å². The fourth-order valence-electron chi connectivity index (χ4n) is 2.81. The molecule has 0 saturated carbocycles. The molecule has 5 heteroatoms. The molecule has 1 heterocycles. The van der Waals surface area contributed by atoms with Gasteiger partial charge in [-0.3, -0.25) is 9.69 Å². The fraction of sp³-hybridized carbons (Fsp3) is 0.923. The van der Waals surface area contributed by atoms with Gasteiger partial charge in [0.1, 0.15) is 0 Å². The first-order valence-corrected chi connectivity index (χ1v) is 6.97. The maximum atomic E-state index is 11.0. The van der Waals surface area contributed by atoms with E-state index in [1.54, 1.807) is 0 Å². The van der Waals surface area contributed by atoms with Crippen LogP contribution < -0.4 is 11.1 Å². The molecule has 0 aromatic heterocycles. The van der Waals surface area contributed by atoms with E-state index in [1.165, 1.54) is 0 Å². The van der Waals surface area contributed by atoms with Crippen molar-refractivity contribution in [2.45, 2.75) is 45.3 Å². The Morgan fingerprint density at radius 3 is 2.78 bits per heavy atom. The minimum Gasteiger partial charge on any atom is -0.393 e. The number of piperidine rings is 1. The second-order valence-corrected chi connectivity index (χ2v) is 5.31. The normalized spacial score (nSPS) is 27.1. The number of carbonyl (C=O) groups excluding carboxylic acids is 1. The molecule has 1 fully saturated rings. The first-order chi connectivity index (χ1) is 8.55. The van der Waals surface area contributed by atoms with Gasteiger partial charge < -0.3 is 16.2 Å². The SMILES string of the molecule is CCNC1CC(CC(O)CC)CN(CC(N)=O)C1. The Labute approximate surface area is 110 Å². The van der Waals surface area contributed by atoms with Gasteiger partial charge in [0.25, 0.3) is 0 Å². The molecule has 1 amide bonds. The third-order valence-electron chi connectivity index (χ3n) is 3.56. The van der Waals surface area contributed by atoms with Gasteiger partial charge in [-0.05, 0) is 31.7 Å². The van der Waals surface area contributed by atoms with Crippen LogP contribution in [0, 0.1) is 5.92 Å². The number of carbonyl (C=O) groups is 1. The van der Waals surface area contributed by atoms with Crippen LogP contribution in [-0.2, 0) is 4.79 Å². The van der Waals surface area contributed by atoms with Crippen molar-refractivity contribution in [1.82, 2.24) is 10.2 Å². The molecule has 1 aliphatic heterocycles. The van der Waals surface area contributed by atoms with E-state index in [2.05, 4.69) is 17.1 Å². The number of aliphatic hydroxyl groups is 1. The summed E-state index contributed by atoms with van der Waals surface area (Å²) >= 11 is 0. The van der Waals surface area contributed by atoms with Gasteiger partial charge >= 0.3 is 0 Å². The van der Waals surface area contributed by atoms with Crippen LogP contribution in [0.2, 0.25) is 0 Å². The highest BCUT2D eigenvalue weighted by Crippen LogP contribution is 2.22. The summed E-state index contributed by atoms with van der Waals surface area (Å²) in [5.41, 5.74) is 5.27. The zero-order valence-electron chi connectivity index (χ0n) is 11.6. The summed E-state index contributed by atoms with van der Waals surface area (Å²) in [7, 11) is 0. The number of likely N-dealkylation sites (N-methyl/N-ethyl adjacent to an activating group) is 1. The lowest BCUT2D eigenvalue weighted by molar-refractivity contribution is -0.119. The monoisotopic (exact) mass is 257 g/mol. The molecule has 1 aliphatic rings. The molecule has 0 aromatic rings. The topological polar surface area (TPSA) is 78.6 Å². The minimum absolute atomic E-state index is 0.231. The molecule has 0 spiro atoms.